The van der Waals surface area contributed by atoms with Crippen molar-refractivity contribution in [3.8, 4) is 11.5 Å². The van der Waals surface area contributed by atoms with E-state index in [4.69, 9.17) is 14.6 Å². The summed E-state index contributed by atoms with van der Waals surface area (Å²) in [5.74, 6) is 0.733. The third-order valence-electron chi connectivity index (χ3n) is 7.86. The zero-order valence-electron chi connectivity index (χ0n) is 26.3. The van der Waals surface area contributed by atoms with Crippen LogP contribution < -0.4 is 14.8 Å². The number of benzene rings is 3. The average molecular weight is 685 g/mol. The van der Waals surface area contributed by atoms with Gasteiger partial charge < -0.3 is 19.4 Å². The first-order valence-electron chi connectivity index (χ1n) is 15.2. The number of nitrogens with one attached hydrogen (secondary N) is 1. The highest BCUT2D eigenvalue weighted by molar-refractivity contribution is 7.99. The van der Waals surface area contributed by atoms with Crippen molar-refractivity contribution in [1.82, 2.24) is 25.1 Å². The fourth-order valence-corrected chi connectivity index (χ4v) is 6.93. The van der Waals surface area contributed by atoms with E-state index in [0.29, 0.717) is 47.4 Å². The molecule has 5 aromatic rings. The minimum absolute atomic E-state index is 0.0559. The first kappa shape index (κ1) is 32.9. The summed E-state index contributed by atoms with van der Waals surface area (Å²) in [5, 5.41) is 20.5. The number of rotatable bonds is 13. The summed E-state index contributed by atoms with van der Waals surface area (Å²) < 4.78 is 26.3. The van der Waals surface area contributed by atoms with Crippen LogP contribution in [0.5, 0.6) is 11.5 Å². The molecule has 0 fully saturated rings. The number of amides is 2. The number of halogens is 1. The third-order valence-corrected chi connectivity index (χ3v) is 9.73. The van der Waals surface area contributed by atoms with Crippen LogP contribution in [0.25, 0.3) is 0 Å². The molecule has 0 spiro atoms. The van der Waals surface area contributed by atoms with E-state index in [1.165, 1.54) is 43.1 Å². The van der Waals surface area contributed by atoms with Crippen molar-refractivity contribution in [3.05, 3.63) is 124 Å². The van der Waals surface area contributed by atoms with Crippen molar-refractivity contribution in [3.63, 3.8) is 0 Å². The first-order valence-corrected chi connectivity index (χ1v) is 17.1. The van der Waals surface area contributed by atoms with E-state index in [1.807, 2.05) is 52.4 Å². The van der Waals surface area contributed by atoms with Crippen LogP contribution >= 0.6 is 23.1 Å². The van der Waals surface area contributed by atoms with Crippen LogP contribution in [-0.2, 0) is 24.3 Å². The lowest BCUT2D eigenvalue weighted by Crippen LogP contribution is -2.28. The molecule has 0 bridgehead atoms. The van der Waals surface area contributed by atoms with Gasteiger partial charge in [0.15, 0.2) is 22.5 Å². The van der Waals surface area contributed by atoms with Gasteiger partial charge in [-0.3, -0.25) is 9.59 Å². The van der Waals surface area contributed by atoms with Gasteiger partial charge in [0.1, 0.15) is 5.82 Å². The molecule has 0 saturated heterocycles. The number of carbonyl (C=O) groups excluding carboxylic acids is 2. The fraction of sp³-hybridized carbons (Fsp3) is 0.229. The molecule has 0 aliphatic carbocycles. The third kappa shape index (κ3) is 7.58. The van der Waals surface area contributed by atoms with Gasteiger partial charge in [-0.05, 0) is 59.3 Å². The molecule has 3 heterocycles. The maximum atomic E-state index is 13.7. The van der Waals surface area contributed by atoms with E-state index < -0.39 is 0 Å². The number of hydrazone groups is 1. The van der Waals surface area contributed by atoms with Crippen molar-refractivity contribution < 1.29 is 23.5 Å². The van der Waals surface area contributed by atoms with E-state index in [2.05, 4.69) is 15.5 Å². The van der Waals surface area contributed by atoms with Gasteiger partial charge >= 0.3 is 0 Å². The smallest absolute Gasteiger partial charge is 0.253 e. The average Bonchev–Trinajstić information content (AvgIpc) is 3.90. The van der Waals surface area contributed by atoms with Crippen LogP contribution in [-0.4, -0.2) is 57.3 Å². The van der Waals surface area contributed by atoms with Crippen LogP contribution in [0.4, 0.5) is 4.39 Å². The summed E-state index contributed by atoms with van der Waals surface area (Å²) in [6, 6.07) is 24.8. The zero-order chi connectivity index (χ0) is 33.5. The van der Waals surface area contributed by atoms with E-state index in [-0.39, 0.29) is 36.0 Å². The van der Waals surface area contributed by atoms with Gasteiger partial charge in [0.25, 0.3) is 11.8 Å². The second-order valence-corrected chi connectivity index (χ2v) is 12.8. The monoisotopic (exact) mass is 684 g/mol. The number of methoxy groups -OCH3 is 2. The Kier molecular flexibility index (Phi) is 10.5. The first-order chi connectivity index (χ1) is 23.4. The lowest BCUT2D eigenvalue weighted by Gasteiger charge is -2.22. The summed E-state index contributed by atoms with van der Waals surface area (Å²) in [7, 11) is 3.05. The lowest BCUT2D eigenvalue weighted by atomic mass is 10.0. The molecular weight excluding hydrogens is 652 g/mol. The van der Waals surface area contributed by atoms with Crippen molar-refractivity contribution in [2.75, 3.05) is 20.0 Å². The Bertz CT molecular complexity index is 1900. The normalized spacial score (nSPS) is 14.1. The molecule has 1 N–H and O–H groups in total. The van der Waals surface area contributed by atoms with Gasteiger partial charge in [0, 0.05) is 18.5 Å². The van der Waals surface area contributed by atoms with Crippen LogP contribution in [0.3, 0.4) is 0 Å². The van der Waals surface area contributed by atoms with Crippen molar-refractivity contribution in [2.45, 2.75) is 37.1 Å². The maximum absolute atomic E-state index is 13.7. The van der Waals surface area contributed by atoms with Gasteiger partial charge in [0.05, 0.1) is 43.1 Å². The molecule has 2 amide bonds. The quantitative estimate of drug-likeness (QED) is 0.148. The van der Waals surface area contributed by atoms with E-state index in [0.717, 1.165) is 21.7 Å². The van der Waals surface area contributed by atoms with Gasteiger partial charge in [0.2, 0.25) is 0 Å². The predicted molar refractivity (Wildman–Crippen MR) is 183 cm³/mol. The minimum atomic E-state index is -0.353. The molecule has 0 saturated carbocycles. The Morgan fingerprint density at radius 2 is 1.77 bits per heavy atom. The van der Waals surface area contributed by atoms with Crippen molar-refractivity contribution >= 4 is 40.6 Å². The Morgan fingerprint density at radius 3 is 2.50 bits per heavy atom. The Balaban J connectivity index is 1.19. The molecule has 1 aliphatic heterocycles. The summed E-state index contributed by atoms with van der Waals surface area (Å²) in [6.07, 6.45) is 1.23. The zero-order valence-corrected chi connectivity index (χ0v) is 28.0. The summed E-state index contributed by atoms with van der Waals surface area (Å²) in [6.45, 7) is 0.661. The maximum Gasteiger partial charge on any atom is 0.253 e. The number of hydrogen-bond donors (Lipinski definition) is 1. The van der Waals surface area contributed by atoms with Crippen LogP contribution in [0, 0.1) is 5.82 Å². The molecule has 246 valence electrons. The second kappa shape index (κ2) is 15.3. The van der Waals surface area contributed by atoms with Crippen LogP contribution in [0.1, 0.15) is 44.6 Å². The molecule has 48 heavy (non-hydrogen) atoms. The number of carbonyl (C=O) groups is 2. The Labute approximate surface area is 285 Å². The molecule has 10 nitrogen and oxygen atoms in total. The summed E-state index contributed by atoms with van der Waals surface area (Å²) >= 11 is 2.83. The molecule has 13 heteroatoms. The van der Waals surface area contributed by atoms with Gasteiger partial charge in [-0.25, -0.2) is 9.40 Å². The highest BCUT2D eigenvalue weighted by atomic mass is 32.2. The number of aryl methyl sites for hydroxylation is 1. The topological polar surface area (TPSA) is 111 Å². The molecule has 1 atom stereocenters. The molecule has 0 unspecified atom stereocenters. The van der Waals surface area contributed by atoms with Crippen molar-refractivity contribution in [1.29, 1.82) is 0 Å². The predicted octanol–water partition coefficient (Wildman–Crippen LogP) is 6.14. The molecule has 3 aromatic carbocycles. The molecule has 1 aliphatic rings. The number of ether oxygens (including phenoxy) is 2. The fourth-order valence-electron chi connectivity index (χ4n) is 5.37. The van der Waals surface area contributed by atoms with Crippen LogP contribution in [0.2, 0.25) is 0 Å². The summed E-state index contributed by atoms with van der Waals surface area (Å²) in [4.78, 5) is 27.8. The van der Waals surface area contributed by atoms with Gasteiger partial charge in [-0.2, -0.15) is 5.10 Å². The van der Waals surface area contributed by atoms with E-state index in [9.17, 15) is 14.0 Å². The van der Waals surface area contributed by atoms with Gasteiger partial charge in [-0.1, -0.05) is 60.3 Å². The number of thiophene rings is 1. The highest BCUT2D eigenvalue weighted by Gasteiger charge is 2.33. The minimum Gasteiger partial charge on any atom is -0.493 e. The standard InChI is InChI=1S/C35H33FN6O4S2/c1-45-29-15-12-25(19-30(29)46-2)34(44)37-21-32-38-39-35(41(32)17-16-23-7-4-3-5-8-23)48-22-33(43)42-28(24-10-13-26(36)14-11-24)20-27(40-42)31-9-6-18-47-31/h3-15,18-19,28H,16-17,20-22H2,1-2H3,(H,37,44)/t28-/m1/s1. The van der Waals surface area contributed by atoms with Crippen molar-refractivity contribution in [2.24, 2.45) is 5.10 Å². The van der Waals surface area contributed by atoms with Gasteiger partial charge in [-0.15, -0.1) is 21.5 Å². The summed E-state index contributed by atoms with van der Waals surface area (Å²) in [5.41, 5.74) is 3.17. The number of hydrogen-bond acceptors (Lipinski definition) is 9. The Hall–Kier alpha value is -5.01. The molecule has 2 aromatic heterocycles. The lowest BCUT2D eigenvalue weighted by molar-refractivity contribution is -0.130. The van der Waals surface area contributed by atoms with E-state index in [1.54, 1.807) is 41.7 Å². The second-order valence-electron chi connectivity index (χ2n) is 10.9. The number of aromatic nitrogens is 3. The molecule has 6 rings (SSSR count). The largest absolute Gasteiger partial charge is 0.493 e. The number of thioether (sulfide) groups is 1. The molecular formula is C35H33FN6O4S2. The Morgan fingerprint density at radius 1 is 0.979 bits per heavy atom. The number of nitrogens with zero attached hydrogens (tertiary/aromatic N) is 5. The highest BCUT2D eigenvalue weighted by Crippen LogP contribution is 2.35. The van der Waals surface area contributed by atoms with E-state index >= 15 is 0 Å². The SMILES string of the molecule is COc1ccc(C(=O)NCc2nnc(SCC(=O)N3N=C(c4cccs4)C[C@@H]3c3ccc(F)cc3)n2CCc2ccccc2)cc1OC. The van der Waals surface area contributed by atoms with Crippen LogP contribution in [0.15, 0.2) is 101 Å². The molecule has 0 radical (unpaired) electrons.